The van der Waals surface area contributed by atoms with Crippen molar-refractivity contribution in [1.29, 1.82) is 0 Å². The Morgan fingerprint density at radius 1 is 1.25 bits per heavy atom. The van der Waals surface area contributed by atoms with E-state index in [0.717, 1.165) is 4.47 Å². The second-order valence-corrected chi connectivity index (χ2v) is 6.97. The summed E-state index contributed by atoms with van der Waals surface area (Å²) in [5.74, 6) is 0. The van der Waals surface area contributed by atoms with Crippen molar-refractivity contribution in [2.24, 2.45) is 11.1 Å². The summed E-state index contributed by atoms with van der Waals surface area (Å²) < 4.78 is 1.14. The van der Waals surface area contributed by atoms with Gasteiger partial charge in [0, 0.05) is 17.1 Å². The lowest BCUT2D eigenvalue weighted by molar-refractivity contribution is 0.0679. The molecule has 1 saturated heterocycles. The normalized spacial score (nSPS) is 20.8. The van der Waals surface area contributed by atoms with E-state index < -0.39 is 0 Å². The Bertz CT molecular complexity index is 419. The fourth-order valence-corrected chi connectivity index (χ4v) is 3.89. The summed E-state index contributed by atoms with van der Waals surface area (Å²) in [5.41, 5.74) is 7.97. The molecular weight excluding hydrogens is 312 g/mol. The summed E-state index contributed by atoms with van der Waals surface area (Å²) in [5, 5.41) is 0. The van der Waals surface area contributed by atoms with E-state index >= 15 is 0 Å². The third kappa shape index (κ3) is 3.44. The van der Waals surface area contributed by atoms with Crippen LogP contribution in [0, 0.1) is 5.41 Å². The largest absolute Gasteiger partial charge is 0.329 e. The molecule has 2 rings (SSSR count). The molecule has 20 heavy (non-hydrogen) atoms. The van der Waals surface area contributed by atoms with Crippen molar-refractivity contribution in [1.82, 2.24) is 4.90 Å². The maximum atomic E-state index is 6.06. The molecule has 2 nitrogen and oxygen atoms in total. The van der Waals surface area contributed by atoms with Gasteiger partial charge in [-0.05, 0) is 49.0 Å². The average Bonchev–Trinajstić information content (AvgIpc) is 2.49. The molecule has 2 N–H and O–H groups in total. The highest BCUT2D eigenvalue weighted by Crippen LogP contribution is 2.40. The summed E-state index contributed by atoms with van der Waals surface area (Å²) >= 11 is 3.56. The molecule has 0 saturated carbocycles. The molecule has 112 valence electrons. The Kier molecular flexibility index (Phi) is 5.65. The minimum Gasteiger partial charge on any atom is -0.329 e. The molecule has 1 aromatic carbocycles. The molecule has 1 heterocycles. The highest BCUT2D eigenvalue weighted by molar-refractivity contribution is 9.10. The SMILES string of the molecule is CCC1(CC)CCN(C(CN)c2cccc(Br)c2)CC1. The molecule has 1 atom stereocenters. The zero-order chi connectivity index (χ0) is 14.6. The first-order valence-electron chi connectivity index (χ1n) is 7.83. The van der Waals surface area contributed by atoms with Gasteiger partial charge in [-0.15, -0.1) is 0 Å². The number of hydrogen-bond donors (Lipinski definition) is 1. The molecule has 1 aromatic rings. The average molecular weight is 339 g/mol. The van der Waals surface area contributed by atoms with Crippen LogP contribution in [-0.2, 0) is 0 Å². The van der Waals surface area contributed by atoms with Crippen LogP contribution in [-0.4, -0.2) is 24.5 Å². The van der Waals surface area contributed by atoms with E-state index in [1.807, 2.05) is 0 Å². The van der Waals surface area contributed by atoms with E-state index in [4.69, 9.17) is 5.73 Å². The maximum Gasteiger partial charge on any atom is 0.0470 e. The molecule has 0 spiro atoms. The predicted octanol–water partition coefficient (Wildman–Crippen LogP) is 4.35. The molecule has 0 aromatic heterocycles. The van der Waals surface area contributed by atoms with Gasteiger partial charge in [0.05, 0.1) is 0 Å². The van der Waals surface area contributed by atoms with E-state index in [9.17, 15) is 0 Å². The fraction of sp³-hybridized carbons (Fsp3) is 0.647. The smallest absolute Gasteiger partial charge is 0.0470 e. The maximum absolute atomic E-state index is 6.06. The van der Waals surface area contributed by atoms with Crippen LogP contribution in [0.4, 0.5) is 0 Å². The highest BCUT2D eigenvalue weighted by Gasteiger charge is 2.33. The Labute approximate surface area is 131 Å². The number of nitrogens with zero attached hydrogens (tertiary/aromatic N) is 1. The Morgan fingerprint density at radius 2 is 1.90 bits per heavy atom. The van der Waals surface area contributed by atoms with Crippen molar-refractivity contribution in [3.63, 3.8) is 0 Å². The number of rotatable bonds is 5. The van der Waals surface area contributed by atoms with Gasteiger partial charge in [0.1, 0.15) is 0 Å². The lowest BCUT2D eigenvalue weighted by Gasteiger charge is -2.44. The molecule has 0 amide bonds. The Morgan fingerprint density at radius 3 is 2.40 bits per heavy atom. The summed E-state index contributed by atoms with van der Waals surface area (Å²) in [4.78, 5) is 2.57. The van der Waals surface area contributed by atoms with Gasteiger partial charge in [-0.1, -0.05) is 54.8 Å². The second kappa shape index (κ2) is 7.06. The lowest BCUT2D eigenvalue weighted by Crippen LogP contribution is -2.43. The van der Waals surface area contributed by atoms with Gasteiger partial charge >= 0.3 is 0 Å². The molecule has 0 radical (unpaired) electrons. The van der Waals surface area contributed by atoms with Gasteiger partial charge in [-0.3, -0.25) is 4.90 Å². The summed E-state index contributed by atoms with van der Waals surface area (Å²) in [6.07, 6.45) is 5.23. The van der Waals surface area contributed by atoms with Crippen molar-refractivity contribution < 1.29 is 0 Å². The first-order chi connectivity index (χ1) is 9.64. The zero-order valence-electron chi connectivity index (χ0n) is 12.7. The lowest BCUT2D eigenvalue weighted by atomic mass is 9.74. The van der Waals surface area contributed by atoms with Gasteiger partial charge in [0.25, 0.3) is 0 Å². The minimum atomic E-state index is 0.360. The first kappa shape index (κ1) is 16.0. The molecule has 1 aliphatic heterocycles. The molecule has 0 bridgehead atoms. The summed E-state index contributed by atoms with van der Waals surface area (Å²) in [6, 6.07) is 8.95. The number of halogens is 1. The van der Waals surface area contributed by atoms with Crippen molar-refractivity contribution in [2.75, 3.05) is 19.6 Å². The van der Waals surface area contributed by atoms with E-state index in [0.29, 0.717) is 18.0 Å². The molecule has 1 fully saturated rings. The quantitative estimate of drug-likeness (QED) is 0.864. The van der Waals surface area contributed by atoms with Crippen LogP contribution < -0.4 is 5.73 Å². The molecule has 0 aliphatic carbocycles. The van der Waals surface area contributed by atoms with Gasteiger partial charge < -0.3 is 5.73 Å². The summed E-state index contributed by atoms with van der Waals surface area (Å²) in [7, 11) is 0. The third-order valence-corrected chi connectivity index (χ3v) is 5.75. The van der Waals surface area contributed by atoms with Crippen molar-refractivity contribution >= 4 is 15.9 Å². The summed E-state index contributed by atoms with van der Waals surface area (Å²) in [6.45, 7) is 7.73. The van der Waals surface area contributed by atoms with Gasteiger partial charge in [0.2, 0.25) is 0 Å². The Balaban J connectivity index is 2.07. The molecule has 1 aliphatic rings. The second-order valence-electron chi connectivity index (χ2n) is 6.05. The van der Waals surface area contributed by atoms with Crippen molar-refractivity contribution in [3.05, 3.63) is 34.3 Å². The third-order valence-electron chi connectivity index (χ3n) is 5.26. The van der Waals surface area contributed by atoms with Crippen LogP contribution in [0.5, 0.6) is 0 Å². The van der Waals surface area contributed by atoms with Crippen LogP contribution in [0.1, 0.15) is 51.1 Å². The molecular formula is C17H27BrN2. The predicted molar refractivity (Wildman–Crippen MR) is 89.8 cm³/mol. The van der Waals surface area contributed by atoms with Crippen LogP contribution in [0.15, 0.2) is 28.7 Å². The highest BCUT2D eigenvalue weighted by atomic mass is 79.9. The van der Waals surface area contributed by atoms with Crippen LogP contribution in [0.2, 0.25) is 0 Å². The van der Waals surface area contributed by atoms with E-state index in [1.54, 1.807) is 0 Å². The zero-order valence-corrected chi connectivity index (χ0v) is 14.3. The topological polar surface area (TPSA) is 29.3 Å². The van der Waals surface area contributed by atoms with Gasteiger partial charge in [-0.2, -0.15) is 0 Å². The number of benzene rings is 1. The minimum absolute atomic E-state index is 0.360. The number of hydrogen-bond acceptors (Lipinski definition) is 2. The first-order valence-corrected chi connectivity index (χ1v) is 8.63. The van der Waals surface area contributed by atoms with E-state index in [1.165, 1.54) is 44.3 Å². The van der Waals surface area contributed by atoms with E-state index in [-0.39, 0.29) is 0 Å². The van der Waals surface area contributed by atoms with Crippen LogP contribution in [0.3, 0.4) is 0 Å². The Hall–Kier alpha value is -0.380. The fourth-order valence-electron chi connectivity index (χ4n) is 3.48. The van der Waals surface area contributed by atoms with Crippen LogP contribution >= 0.6 is 15.9 Å². The van der Waals surface area contributed by atoms with Crippen molar-refractivity contribution in [3.8, 4) is 0 Å². The van der Waals surface area contributed by atoms with Crippen LogP contribution in [0.25, 0.3) is 0 Å². The van der Waals surface area contributed by atoms with Crippen molar-refractivity contribution in [2.45, 2.75) is 45.6 Å². The number of likely N-dealkylation sites (tertiary alicyclic amines) is 1. The van der Waals surface area contributed by atoms with E-state index in [2.05, 4.69) is 58.9 Å². The molecule has 3 heteroatoms. The monoisotopic (exact) mass is 338 g/mol. The molecule has 1 unspecified atom stereocenters. The number of nitrogens with two attached hydrogens (primary N) is 1. The standard InChI is InChI=1S/C17H27BrN2/c1-3-17(4-2)8-10-20(11-9-17)16(13-19)14-6-5-7-15(18)12-14/h5-7,12,16H,3-4,8-11,13,19H2,1-2H3. The van der Waals surface area contributed by atoms with Gasteiger partial charge in [0.15, 0.2) is 0 Å². The van der Waals surface area contributed by atoms with Gasteiger partial charge in [-0.25, -0.2) is 0 Å². The number of piperidine rings is 1.